The summed E-state index contributed by atoms with van der Waals surface area (Å²) < 4.78 is 15.5. The monoisotopic (exact) mass is 430 g/mol. The minimum Gasteiger partial charge on any atom is -0.507 e. The highest BCUT2D eigenvalue weighted by Gasteiger charge is 2.29. The summed E-state index contributed by atoms with van der Waals surface area (Å²) in [6.45, 7) is 0.592. The van der Waals surface area contributed by atoms with E-state index in [9.17, 15) is 14.3 Å². The van der Waals surface area contributed by atoms with Crippen LogP contribution in [0.15, 0.2) is 53.3 Å². The van der Waals surface area contributed by atoms with Gasteiger partial charge in [0.2, 0.25) is 0 Å². The summed E-state index contributed by atoms with van der Waals surface area (Å²) in [6, 6.07) is 13.6. The molecule has 4 nitrogen and oxygen atoms in total. The van der Waals surface area contributed by atoms with Crippen LogP contribution in [-0.4, -0.2) is 14.7 Å². The molecule has 1 aliphatic carbocycles. The zero-order valence-corrected chi connectivity index (χ0v) is 17.5. The number of aliphatic hydroxyl groups excluding tert-OH is 1. The average molecular weight is 431 g/mol. The van der Waals surface area contributed by atoms with Gasteiger partial charge >= 0.3 is 0 Å². The van der Waals surface area contributed by atoms with Crippen LogP contribution in [0.3, 0.4) is 0 Å². The number of rotatable bonds is 1. The van der Waals surface area contributed by atoms with Gasteiger partial charge in [0, 0.05) is 10.4 Å². The van der Waals surface area contributed by atoms with E-state index in [1.807, 2.05) is 24.3 Å². The van der Waals surface area contributed by atoms with Crippen LogP contribution in [0.2, 0.25) is 0 Å². The Bertz CT molecular complexity index is 1450. The van der Waals surface area contributed by atoms with Crippen LogP contribution in [0.5, 0.6) is 0 Å². The Labute approximate surface area is 181 Å². The molecule has 0 bridgehead atoms. The van der Waals surface area contributed by atoms with Crippen LogP contribution < -0.4 is 5.56 Å². The summed E-state index contributed by atoms with van der Waals surface area (Å²) in [6.07, 6.45) is 4.17. The molecule has 4 aromatic rings. The summed E-state index contributed by atoms with van der Waals surface area (Å²) in [7, 11) is 0. The lowest BCUT2D eigenvalue weighted by atomic mass is 9.92. The van der Waals surface area contributed by atoms with Crippen molar-refractivity contribution in [3.8, 4) is 0 Å². The lowest BCUT2D eigenvalue weighted by Gasteiger charge is -2.25. The number of aliphatic hydroxyl groups is 1. The third-order valence-corrected chi connectivity index (χ3v) is 7.58. The Morgan fingerprint density at radius 2 is 1.84 bits per heavy atom. The van der Waals surface area contributed by atoms with Gasteiger partial charge in [0.1, 0.15) is 22.2 Å². The molecule has 6 rings (SSSR count). The number of aromatic nitrogens is 2. The number of halogens is 1. The fourth-order valence-corrected chi connectivity index (χ4v) is 6.17. The molecule has 0 fully saturated rings. The molecule has 0 spiro atoms. The molecule has 0 atom stereocenters. The molecular formula is C25H19FN2O2S. The van der Waals surface area contributed by atoms with Gasteiger partial charge < -0.3 is 9.67 Å². The summed E-state index contributed by atoms with van der Waals surface area (Å²) in [4.78, 5) is 19.9. The lowest BCUT2D eigenvalue weighted by molar-refractivity contribution is 0.512. The maximum atomic E-state index is 13.5. The molecule has 0 saturated heterocycles. The highest BCUT2D eigenvalue weighted by atomic mass is 32.1. The summed E-state index contributed by atoms with van der Waals surface area (Å²) in [5.41, 5.74) is 3.82. The zero-order valence-electron chi connectivity index (χ0n) is 16.7. The SMILES string of the molecule is O=c1nc2n(c3sc4c(c13)CCCC4)Cc1ccccc1C2=C(O)c1ccc(F)cc1. The van der Waals surface area contributed by atoms with Crippen LogP contribution in [0.25, 0.3) is 21.5 Å². The first-order valence-corrected chi connectivity index (χ1v) is 11.3. The van der Waals surface area contributed by atoms with E-state index in [2.05, 4.69) is 9.55 Å². The highest BCUT2D eigenvalue weighted by molar-refractivity contribution is 7.18. The van der Waals surface area contributed by atoms with Crippen molar-refractivity contribution >= 4 is 32.9 Å². The van der Waals surface area contributed by atoms with Crippen LogP contribution in [-0.2, 0) is 19.4 Å². The van der Waals surface area contributed by atoms with E-state index < -0.39 is 0 Å². The first-order chi connectivity index (χ1) is 15.1. The maximum absolute atomic E-state index is 13.5. The predicted molar refractivity (Wildman–Crippen MR) is 121 cm³/mol. The van der Waals surface area contributed by atoms with Crippen LogP contribution in [0.1, 0.15) is 45.8 Å². The van der Waals surface area contributed by atoms with E-state index in [-0.39, 0.29) is 17.1 Å². The lowest BCUT2D eigenvalue weighted by Crippen LogP contribution is -2.23. The van der Waals surface area contributed by atoms with Crippen LogP contribution >= 0.6 is 11.3 Å². The minimum atomic E-state index is -0.369. The van der Waals surface area contributed by atoms with E-state index in [1.165, 1.54) is 17.0 Å². The second kappa shape index (κ2) is 6.89. The molecule has 2 aliphatic rings. The number of fused-ring (bicyclic) bond motifs is 6. The van der Waals surface area contributed by atoms with E-state index >= 15 is 0 Å². The number of benzene rings is 2. The van der Waals surface area contributed by atoms with Crippen molar-refractivity contribution < 1.29 is 9.50 Å². The Balaban J connectivity index is 1.69. The molecule has 154 valence electrons. The topological polar surface area (TPSA) is 55.1 Å². The largest absolute Gasteiger partial charge is 0.507 e. The van der Waals surface area contributed by atoms with Crippen molar-refractivity contribution in [3.63, 3.8) is 0 Å². The smallest absolute Gasteiger partial charge is 0.282 e. The fourth-order valence-electron chi connectivity index (χ4n) is 4.79. The Morgan fingerprint density at radius 1 is 1.06 bits per heavy atom. The second-order valence-electron chi connectivity index (χ2n) is 8.11. The summed E-state index contributed by atoms with van der Waals surface area (Å²) in [5, 5.41) is 12.0. The normalized spacial score (nSPS) is 16.5. The van der Waals surface area contributed by atoms with E-state index in [0.717, 1.165) is 52.6 Å². The Morgan fingerprint density at radius 3 is 2.68 bits per heavy atom. The summed E-state index contributed by atoms with van der Waals surface area (Å²) >= 11 is 1.68. The van der Waals surface area contributed by atoms with Crippen molar-refractivity contribution in [2.75, 3.05) is 0 Å². The molecule has 6 heteroatoms. The number of hydrogen-bond acceptors (Lipinski definition) is 4. The van der Waals surface area contributed by atoms with Crippen molar-refractivity contribution in [1.29, 1.82) is 0 Å². The number of aryl methyl sites for hydroxylation is 2. The third-order valence-electron chi connectivity index (χ3n) is 6.27. The fraction of sp³-hybridized carbons (Fsp3) is 0.200. The molecule has 2 aromatic heterocycles. The molecule has 2 aromatic carbocycles. The van der Waals surface area contributed by atoms with Crippen molar-refractivity contribution in [2.45, 2.75) is 32.2 Å². The Hall–Kier alpha value is -3.25. The number of nitrogens with zero attached hydrogens (tertiary/aromatic N) is 2. The maximum Gasteiger partial charge on any atom is 0.282 e. The van der Waals surface area contributed by atoms with Crippen molar-refractivity contribution in [3.05, 3.63) is 97.7 Å². The first-order valence-electron chi connectivity index (χ1n) is 10.4. The molecule has 31 heavy (non-hydrogen) atoms. The number of hydrogen-bond donors (Lipinski definition) is 1. The van der Waals surface area contributed by atoms with Gasteiger partial charge in [-0.25, -0.2) is 4.39 Å². The molecule has 3 heterocycles. The first kappa shape index (κ1) is 18.5. The van der Waals surface area contributed by atoms with Gasteiger partial charge in [-0.1, -0.05) is 24.3 Å². The standard InChI is InChI=1S/C25H19FN2O2S/c26-16-11-9-14(10-12-16)22(29)20-17-6-2-1-5-15(17)13-28-23(20)27-24(30)21-18-7-3-4-8-19(18)31-25(21)28/h1-2,5-6,9-12,29H,3-4,7-8,13H2. The van der Waals surface area contributed by atoms with Gasteiger partial charge in [0.15, 0.2) is 0 Å². The molecular weight excluding hydrogens is 411 g/mol. The van der Waals surface area contributed by atoms with E-state index in [0.29, 0.717) is 23.5 Å². The predicted octanol–water partition coefficient (Wildman–Crippen LogP) is 5.31. The average Bonchev–Trinajstić information content (AvgIpc) is 3.19. The van der Waals surface area contributed by atoms with Gasteiger partial charge in [0.05, 0.1) is 17.5 Å². The number of thiophene rings is 1. The third kappa shape index (κ3) is 2.78. The van der Waals surface area contributed by atoms with Crippen LogP contribution in [0.4, 0.5) is 4.39 Å². The van der Waals surface area contributed by atoms with E-state index in [1.54, 1.807) is 23.5 Å². The van der Waals surface area contributed by atoms with Gasteiger partial charge in [0.25, 0.3) is 5.56 Å². The second-order valence-corrected chi connectivity index (χ2v) is 9.19. The highest BCUT2D eigenvalue weighted by Crippen LogP contribution is 2.40. The molecule has 0 amide bonds. The molecule has 0 saturated carbocycles. The molecule has 0 radical (unpaired) electrons. The zero-order chi connectivity index (χ0) is 21.1. The van der Waals surface area contributed by atoms with Crippen LogP contribution in [0, 0.1) is 5.82 Å². The van der Waals surface area contributed by atoms with Gasteiger partial charge in [-0.3, -0.25) is 4.79 Å². The Kier molecular flexibility index (Phi) is 4.11. The van der Waals surface area contributed by atoms with E-state index in [4.69, 9.17) is 0 Å². The van der Waals surface area contributed by atoms with Gasteiger partial charge in [-0.2, -0.15) is 4.98 Å². The van der Waals surface area contributed by atoms with Crippen molar-refractivity contribution in [1.82, 2.24) is 9.55 Å². The van der Waals surface area contributed by atoms with Crippen molar-refractivity contribution in [2.24, 2.45) is 0 Å². The summed E-state index contributed by atoms with van der Waals surface area (Å²) in [5.74, 6) is 0.0938. The van der Waals surface area contributed by atoms with Gasteiger partial charge in [-0.15, -0.1) is 11.3 Å². The molecule has 1 N–H and O–H groups in total. The quantitative estimate of drug-likeness (QED) is 0.367. The molecule has 0 unspecified atom stereocenters. The van der Waals surface area contributed by atoms with Gasteiger partial charge in [-0.05, 0) is 66.6 Å². The molecule has 1 aliphatic heterocycles. The minimum absolute atomic E-state index is 0.00605.